The molecule has 1 fully saturated rings. The molecule has 0 aliphatic carbocycles. The molecule has 4 nitrogen and oxygen atoms in total. The third kappa shape index (κ3) is 5.00. The first kappa shape index (κ1) is 15.9. The molecule has 0 unspecified atom stereocenters. The van der Waals surface area contributed by atoms with E-state index in [0.717, 1.165) is 6.54 Å². The van der Waals surface area contributed by atoms with Crippen LogP contribution in [0.1, 0.15) is 6.42 Å². The van der Waals surface area contributed by atoms with E-state index in [1.54, 1.807) is 4.31 Å². The first-order chi connectivity index (χ1) is 5.24. The van der Waals surface area contributed by atoms with Crippen LogP contribution < -0.4 is 5.32 Å². The van der Waals surface area contributed by atoms with Crippen molar-refractivity contribution in [3.05, 3.63) is 13.3 Å². The second-order valence-corrected chi connectivity index (χ2v) is 2.90. The largest absolute Gasteiger partial charge is 0.358 e. The van der Waals surface area contributed by atoms with Gasteiger partial charge in [-0.2, -0.15) is 0 Å². The summed E-state index contributed by atoms with van der Waals surface area (Å²) in [5, 5.41) is 2.09. The van der Waals surface area contributed by atoms with Crippen molar-refractivity contribution in [1.29, 1.82) is 0 Å². The summed E-state index contributed by atoms with van der Waals surface area (Å²) in [7, 11) is 0. The molecule has 0 atom stereocenters. The fourth-order valence-electron chi connectivity index (χ4n) is 0.983. The van der Waals surface area contributed by atoms with Crippen molar-refractivity contribution in [2.24, 2.45) is 0 Å². The number of thiol groups is 1. The normalized spacial score (nSPS) is 15.6. The SMILES string of the molecule is O=CNC(=O)[C-]1CCN(S)C1.[CH3-].[Y]. The van der Waals surface area contributed by atoms with E-state index < -0.39 is 0 Å². The van der Waals surface area contributed by atoms with E-state index in [-0.39, 0.29) is 46.0 Å². The first-order valence-electron chi connectivity index (χ1n) is 3.27. The molecule has 1 aliphatic heterocycles. The minimum absolute atomic E-state index is 0. The second kappa shape index (κ2) is 7.79. The molecule has 0 aromatic rings. The van der Waals surface area contributed by atoms with E-state index in [2.05, 4.69) is 18.1 Å². The summed E-state index contributed by atoms with van der Waals surface area (Å²) in [6, 6.07) is 0. The average Bonchev–Trinajstić information content (AvgIpc) is 2.36. The van der Waals surface area contributed by atoms with Crippen molar-refractivity contribution < 1.29 is 42.3 Å². The van der Waals surface area contributed by atoms with E-state index in [4.69, 9.17) is 0 Å². The zero-order valence-electron chi connectivity index (χ0n) is 7.49. The molecular weight excluding hydrogens is 265 g/mol. The number of nitrogens with zero attached hydrogens (tertiary/aromatic N) is 1. The molecule has 0 saturated carbocycles. The van der Waals surface area contributed by atoms with Gasteiger partial charge in [-0.1, -0.05) is 19.4 Å². The van der Waals surface area contributed by atoms with Crippen LogP contribution in [0.25, 0.3) is 0 Å². The Morgan fingerprint density at radius 3 is 2.62 bits per heavy atom. The molecule has 1 aliphatic rings. The van der Waals surface area contributed by atoms with Gasteiger partial charge in [-0.15, -0.1) is 6.42 Å². The summed E-state index contributed by atoms with van der Waals surface area (Å²) in [5.74, 6) is 0.434. The van der Waals surface area contributed by atoms with E-state index in [0.29, 0.717) is 25.3 Å². The molecule has 2 amide bonds. The summed E-state index contributed by atoms with van der Waals surface area (Å²) in [6.45, 7) is 1.31. The minimum atomic E-state index is -0.281. The van der Waals surface area contributed by atoms with E-state index in [1.807, 2.05) is 0 Å². The van der Waals surface area contributed by atoms with Crippen LogP contribution in [0.2, 0.25) is 0 Å². The van der Waals surface area contributed by atoms with Gasteiger partial charge in [0.05, 0.1) is 5.91 Å². The predicted molar refractivity (Wildman–Crippen MR) is 49.0 cm³/mol. The standard InChI is InChI=1S/C6H9N2O2S.CH3.Y/c9-4-7-6(10)5-1-2-8(11)3-5;;/h4,11H,1-3H2,(H,7,9,10);1H3;/q2*-1;. The van der Waals surface area contributed by atoms with Crippen LogP contribution in [0.4, 0.5) is 0 Å². The smallest absolute Gasteiger partial charge is 0.211 e. The maximum atomic E-state index is 11.0. The molecule has 0 bridgehead atoms. The van der Waals surface area contributed by atoms with E-state index in [1.165, 1.54) is 0 Å². The van der Waals surface area contributed by atoms with Gasteiger partial charge in [0.25, 0.3) is 0 Å². The number of nitrogens with one attached hydrogen (secondary N) is 1. The summed E-state index contributed by atoms with van der Waals surface area (Å²) in [6.07, 6.45) is 1.10. The molecule has 1 rings (SSSR count). The Labute approximate surface area is 109 Å². The average molecular weight is 277 g/mol. The number of carbonyl (C=O) groups is 2. The number of imide groups is 1. The molecule has 1 radical (unpaired) electrons. The van der Waals surface area contributed by atoms with Crippen LogP contribution in [-0.4, -0.2) is 29.7 Å². The molecule has 73 valence electrons. The molecule has 1 saturated heterocycles. The van der Waals surface area contributed by atoms with Crippen molar-refractivity contribution in [3.63, 3.8) is 0 Å². The number of amides is 2. The van der Waals surface area contributed by atoms with E-state index in [9.17, 15) is 9.59 Å². The Bertz CT molecular complexity index is 180. The maximum absolute atomic E-state index is 11.0. The number of carbonyl (C=O) groups excluding carboxylic acids is 2. The third-order valence-corrected chi connectivity index (χ3v) is 1.90. The van der Waals surface area contributed by atoms with Gasteiger partial charge in [-0.05, 0) is 6.54 Å². The zero-order chi connectivity index (χ0) is 8.27. The first-order valence-corrected chi connectivity index (χ1v) is 3.67. The Hall–Kier alpha value is 0.424. The third-order valence-electron chi connectivity index (χ3n) is 1.56. The van der Waals surface area contributed by atoms with Crippen molar-refractivity contribution >= 4 is 25.1 Å². The Morgan fingerprint density at radius 1 is 1.62 bits per heavy atom. The quantitative estimate of drug-likeness (QED) is 0.419. The Balaban J connectivity index is 0. The van der Waals surface area contributed by atoms with Gasteiger partial charge in [0, 0.05) is 32.7 Å². The van der Waals surface area contributed by atoms with Crippen LogP contribution in [0, 0.1) is 13.3 Å². The van der Waals surface area contributed by atoms with Gasteiger partial charge >= 0.3 is 0 Å². The summed E-state index contributed by atoms with van der Waals surface area (Å²) >= 11 is 4.06. The fourth-order valence-corrected chi connectivity index (χ4v) is 1.25. The number of hydrogen-bond donors (Lipinski definition) is 2. The van der Waals surface area contributed by atoms with Gasteiger partial charge < -0.3 is 17.5 Å². The molecule has 0 aromatic heterocycles. The summed E-state index contributed by atoms with van der Waals surface area (Å²) < 4.78 is 1.74. The molecule has 1 N–H and O–H groups in total. The summed E-state index contributed by atoms with van der Waals surface area (Å²) in [5.41, 5.74) is 0. The maximum Gasteiger partial charge on any atom is 0.211 e. The van der Waals surface area contributed by atoms with Crippen molar-refractivity contribution in [1.82, 2.24) is 9.62 Å². The Kier molecular flexibility index (Phi) is 9.52. The van der Waals surface area contributed by atoms with Crippen molar-refractivity contribution in [2.75, 3.05) is 13.1 Å². The Morgan fingerprint density at radius 2 is 2.23 bits per heavy atom. The molecule has 13 heavy (non-hydrogen) atoms. The molecular formula is C7H12N2O2SY-2. The van der Waals surface area contributed by atoms with Crippen molar-refractivity contribution in [2.45, 2.75) is 6.42 Å². The van der Waals surface area contributed by atoms with Gasteiger partial charge in [0.2, 0.25) is 6.41 Å². The van der Waals surface area contributed by atoms with Crippen molar-refractivity contribution in [3.8, 4) is 0 Å². The molecule has 0 spiro atoms. The molecule has 6 heteroatoms. The zero-order valence-corrected chi connectivity index (χ0v) is 11.2. The van der Waals surface area contributed by atoms with Gasteiger partial charge in [-0.25, -0.2) is 0 Å². The minimum Gasteiger partial charge on any atom is -0.358 e. The van der Waals surface area contributed by atoms with Crippen LogP contribution >= 0.6 is 12.8 Å². The van der Waals surface area contributed by atoms with Gasteiger partial charge in [-0.3, -0.25) is 15.0 Å². The van der Waals surface area contributed by atoms with Gasteiger partial charge in [0.15, 0.2) is 0 Å². The second-order valence-electron chi connectivity index (χ2n) is 2.33. The van der Waals surface area contributed by atoms with Crippen LogP contribution in [-0.2, 0) is 42.3 Å². The molecule has 0 aromatic carbocycles. The molecule has 1 heterocycles. The topological polar surface area (TPSA) is 49.4 Å². The van der Waals surface area contributed by atoms with Crippen LogP contribution in [0.5, 0.6) is 0 Å². The summed E-state index contributed by atoms with van der Waals surface area (Å²) in [4.78, 5) is 20.8. The van der Waals surface area contributed by atoms with Crippen LogP contribution in [0.3, 0.4) is 0 Å². The van der Waals surface area contributed by atoms with E-state index >= 15 is 0 Å². The van der Waals surface area contributed by atoms with Crippen LogP contribution in [0.15, 0.2) is 0 Å². The monoisotopic (exact) mass is 277 g/mol. The number of rotatable bonds is 2. The fraction of sp³-hybridized carbons (Fsp3) is 0.429. The number of hydrogen-bond acceptors (Lipinski definition) is 4. The van der Waals surface area contributed by atoms with Gasteiger partial charge in [0.1, 0.15) is 0 Å². The predicted octanol–water partition coefficient (Wildman–Crippen LogP) is -0.168.